The maximum absolute atomic E-state index is 5.79. The smallest absolute Gasteiger partial charge is 0.210 e. The highest BCUT2D eigenvalue weighted by molar-refractivity contribution is 5.21. The molecule has 14 heavy (non-hydrogen) atoms. The Morgan fingerprint density at radius 1 is 0.929 bits per heavy atom. The predicted molar refractivity (Wildman–Crippen MR) is 58.2 cm³/mol. The van der Waals surface area contributed by atoms with E-state index in [1.807, 2.05) is 68.3 Å². The van der Waals surface area contributed by atoms with Crippen molar-refractivity contribution in [1.29, 1.82) is 0 Å². The summed E-state index contributed by atoms with van der Waals surface area (Å²) in [4.78, 5) is 4.04. The van der Waals surface area contributed by atoms with E-state index in [0.717, 1.165) is 5.75 Å². The molecule has 0 aliphatic heterocycles. The highest BCUT2D eigenvalue weighted by atomic mass is 16.5. The Morgan fingerprint density at radius 3 is 1.86 bits per heavy atom. The van der Waals surface area contributed by atoms with Crippen LogP contribution in [0.4, 0.5) is 0 Å². The van der Waals surface area contributed by atoms with E-state index in [9.17, 15) is 0 Å². The molecule has 0 unspecified atom stereocenters. The summed E-state index contributed by atoms with van der Waals surface area (Å²) in [6.07, 6.45) is -0.0302. The van der Waals surface area contributed by atoms with Crippen LogP contribution < -0.4 is 4.74 Å². The standard InChI is InChI=1S/C11H18N2O/c1-12(2)11(13(3)4)14-10-8-6-5-7-9-10/h5-9,11H,1-4H3. The minimum atomic E-state index is -0.0302. The van der Waals surface area contributed by atoms with Gasteiger partial charge < -0.3 is 4.74 Å². The Hall–Kier alpha value is -1.06. The van der Waals surface area contributed by atoms with Crippen LogP contribution in [-0.2, 0) is 0 Å². The van der Waals surface area contributed by atoms with Gasteiger partial charge in [-0.25, -0.2) is 0 Å². The lowest BCUT2D eigenvalue weighted by atomic mass is 10.3. The summed E-state index contributed by atoms with van der Waals surface area (Å²) in [5.41, 5.74) is 0. The Morgan fingerprint density at radius 2 is 1.43 bits per heavy atom. The zero-order valence-electron chi connectivity index (χ0n) is 9.27. The Labute approximate surface area is 85.9 Å². The number of benzene rings is 1. The van der Waals surface area contributed by atoms with Crippen molar-refractivity contribution in [3.63, 3.8) is 0 Å². The van der Waals surface area contributed by atoms with Crippen molar-refractivity contribution >= 4 is 0 Å². The Bertz CT molecular complexity index is 251. The van der Waals surface area contributed by atoms with Crippen molar-refractivity contribution in [2.75, 3.05) is 28.2 Å². The van der Waals surface area contributed by atoms with Crippen LogP contribution >= 0.6 is 0 Å². The molecule has 0 bridgehead atoms. The zero-order chi connectivity index (χ0) is 10.6. The van der Waals surface area contributed by atoms with Crippen molar-refractivity contribution < 1.29 is 4.74 Å². The minimum absolute atomic E-state index is 0.0302. The molecule has 0 atom stereocenters. The van der Waals surface area contributed by atoms with Gasteiger partial charge in [-0.2, -0.15) is 0 Å². The molecule has 0 saturated carbocycles. The maximum atomic E-state index is 5.79. The normalized spacial score (nSPS) is 11.4. The van der Waals surface area contributed by atoms with Crippen LogP contribution in [0.1, 0.15) is 0 Å². The second-order valence-corrected chi connectivity index (χ2v) is 3.68. The lowest BCUT2D eigenvalue weighted by Crippen LogP contribution is -2.44. The molecule has 0 heterocycles. The molecule has 0 amide bonds. The van der Waals surface area contributed by atoms with Gasteiger partial charge in [-0.3, -0.25) is 9.80 Å². The summed E-state index contributed by atoms with van der Waals surface area (Å²) in [5, 5.41) is 0. The summed E-state index contributed by atoms with van der Waals surface area (Å²) in [6.45, 7) is 0. The van der Waals surface area contributed by atoms with Crippen LogP contribution in [0, 0.1) is 0 Å². The number of hydrogen-bond acceptors (Lipinski definition) is 3. The summed E-state index contributed by atoms with van der Waals surface area (Å²) in [7, 11) is 7.97. The molecule has 0 aliphatic rings. The minimum Gasteiger partial charge on any atom is -0.462 e. The summed E-state index contributed by atoms with van der Waals surface area (Å²) < 4.78 is 5.79. The molecular formula is C11H18N2O. The van der Waals surface area contributed by atoms with E-state index in [4.69, 9.17) is 4.74 Å². The number of para-hydroxylation sites is 1. The maximum Gasteiger partial charge on any atom is 0.210 e. The largest absolute Gasteiger partial charge is 0.462 e. The lowest BCUT2D eigenvalue weighted by Gasteiger charge is -2.30. The fraction of sp³-hybridized carbons (Fsp3) is 0.455. The number of rotatable bonds is 4. The molecule has 0 aliphatic carbocycles. The van der Waals surface area contributed by atoms with Crippen molar-refractivity contribution in [1.82, 2.24) is 9.80 Å². The fourth-order valence-corrected chi connectivity index (χ4v) is 1.29. The van der Waals surface area contributed by atoms with E-state index in [-0.39, 0.29) is 6.35 Å². The molecule has 0 fully saturated rings. The van der Waals surface area contributed by atoms with Crippen LogP contribution in [0.2, 0.25) is 0 Å². The molecule has 78 valence electrons. The monoisotopic (exact) mass is 194 g/mol. The van der Waals surface area contributed by atoms with Crippen LogP contribution in [-0.4, -0.2) is 44.3 Å². The molecular weight excluding hydrogens is 176 g/mol. The first-order chi connectivity index (χ1) is 6.61. The lowest BCUT2D eigenvalue weighted by molar-refractivity contribution is -0.0437. The second-order valence-electron chi connectivity index (χ2n) is 3.68. The van der Waals surface area contributed by atoms with E-state index < -0.39 is 0 Å². The highest BCUT2D eigenvalue weighted by Gasteiger charge is 2.14. The summed E-state index contributed by atoms with van der Waals surface area (Å²) >= 11 is 0. The van der Waals surface area contributed by atoms with Gasteiger partial charge in [0.25, 0.3) is 0 Å². The first-order valence-electron chi connectivity index (χ1n) is 4.66. The third kappa shape index (κ3) is 3.01. The Balaban J connectivity index is 2.65. The van der Waals surface area contributed by atoms with Gasteiger partial charge >= 0.3 is 0 Å². The average molecular weight is 194 g/mol. The molecule has 3 nitrogen and oxygen atoms in total. The van der Waals surface area contributed by atoms with E-state index >= 15 is 0 Å². The van der Waals surface area contributed by atoms with Gasteiger partial charge in [0.1, 0.15) is 5.75 Å². The number of ether oxygens (including phenoxy) is 1. The number of hydrogen-bond donors (Lipinski definition) is 0. The van der Waals surface area contributed by atoms with Crippen LogP contribution in [0.25, 0.3) is 0 Å². The molecule has 1 aromatic rings. The van der Waals surface area contributed by atoms with E-state index in [0.29, 0.717) is 0 Å². The molecule has 0 radical (unpaired) electrons. The third-order valence-electron chi connectivity index (χ3n) is 1.87. The van der Waals surface area contributed by atoms with Crippen molar-refractivity contribution in [3.05, 3.63) is 30.3 Å². The molecule has 1 aromatic carbocycles. The van der Waals surface area contributed by atoms with E-state index in [2.05, 4.69) is 0 Å². The van der Waals surface area contributed by atoms with Crippen LogP contribution in [0.5, 0.6) is 5.75 Å². The van der Waals surface area contributed by atoms with Crippen molar-refractivity contribution in [2.45, 2.75) is 6.35 Å². The van der Waals surface area contributed by atoms with Gasteiger partial charge in [-0.1, -0.05) is 18.2 Å². The van der Waals surface area contributed by atoms with Crippen LogP contribution in [0.15, 0.2) is 30.3 Å². The van der Waals surface area contributed by atoms with Crippen molar-refractivity contribution in [2.24, 2.45) is 0 Å². The van der Waals surface area contributed by atoms with Gasteiger partial charge in [0.05, 0.1) is 0 Å². The fourth-order valence-electron chi connectivity index (χ4n) is 1.29. The molecule has 1 rings (SSSR count). The quantitative estimate of drug-likeness (QED) is 0.675. The van der Waals surface area contributed by atoms with E-state index in [1.165, 1.54) is 0 Å². The molecule has 0 aromatic heterocycles. The Kier molecular flexibility index (Phi) is 3.92. The molecule has 0 spiro atoms. The first-order valence-corrected chi connectivity index (χ1v) is 4.66. The molecule has 0 saturated heterocycles. The summed E-state index contributed by atoms with van der Waals surface area (Å²) in [6, 6.07) is 9.84. The van der Waals surface area contributed by atoms with Gasteiger partial charge in [0, 0.05) is 0 Å². The number of nitrogens with zero attached hydrogens (tertiary/aromatic N) is 2. The van der Waals surface area contributed by atoms with E-state index in [1.54, 1.807) is 0 Å². The zero-order valence-corrected chi connectivity index (χ0v) is 9.27. The third-order valence-corrected chi connectivity index (χ3v) is 1.87. The van der Waals surface area contributed by atoms with Crippen LogP contribution in [0.3, 0.4) is 0 Å². The highest BCUT2D eigenvalue weighted by Crippen LogP contribution is 2.12. The predicted octanol–water partition coefficient (Wildman–Crippen LogP) is 1.47. The topological polar surface area (TPSA) is 15.7 Å². The first kappa shape index (κ1) is 11.0. The average Bonchev–Trinajstić information content (AvgIpc) is 2.15. The SMILES string of the molecule is CN(C)C(Oc1ccccc1)N(C)C. The van der Waals surface area contributed by atoms with Crippen molar-refractivity contribution in [3.8, 4) is 5.75 Å². The van der Waals surface area contributed by atoms with Gasteiger partial charge in [0.2, 0.25) is 6.35 Å². The molecule has 0 N–H and O–H groups in total. The second kappa shape index (κ2) is 4.98. The summed E-state index contributed by atoms with van der Waals surface area (Å²) in [5.74, 6) is 0.889. The molecule has 3 heteroatoms. The van der Waals surface area contributed by atoms with Gasteiger partial charge in [-0.05, 0) is 40.3 Å². The van der Waals surface area contributed by atoms with Gasteiger partial charge in [0.15, 0.2) is 0 Å². The van der Waals surface area contributed by atoms with Gasteiger partial charge in [-0.15, -0.1) is 0 Å².